The first-order valence-electron chi connectivity index (χ1n) is 6.48. The average molecular weight is 342 g/mol. The second kappa shape index (κ2) is 5.53. The normalized spacial score (nSPS) is 18.2. The third-order valence-corrected chi connectivity index (χ3v) is 5.96. The first-order valence-corrected chi connectivity index (χ1v) is 8.84. The number of hydrogen-bond acceptors (Lipinski definition) is 4. The molecule has 9 heteroatoms. The van der Waals surface area contributed by atoms with Crippen LogP contribution in [0.1, 0.15) is 31.6 Å². The summed E-state index contributed by atoms with van der Waals surface area (Å²) in [6.07, 6.45) is -4.98. The molecule has 1 saturated carbocycles. The van der Waals surface area contributed by atoms with Gasteiger partial charge < -0.3 is 5.32 Å². The Morgan fingerprint density at radius 2 is 2.00 bits per heavy atom. The Hall–Kier alpha value is -0.640. The van der Waals surface area contributed by atoms with Gasteiger partial charge in [-0.05, 0) is 24.3 Å². The fourth-order valence-corrected chi connectivity index (χ4v) is 4.72. The van der Waals surface area contributed by atoms with Crippen molar-refractivity contribution in [3.63, 3.8) is 0 Å². The molecule has 0 saturated heterocycles. The molecule has 1 heterocycles. The van der Waals surface area contributed by atoms with E-state index in [1.807, 2.05) is 18.6 Å². The van der Waals surface area contributed by atoms with Crippen LogP contribution >= 0.6 is 11.3 Å². The van der Waals surface area contributed by atoms with Gasteiger partial charge in [-0.15, -0.1) is 11.3 Å². The van der Waals surface area contributed by atoms with Gasteiger partial charge in [0.2, 0.25) is 10.0 Å². The summed E-state index contributed by atoms with van der Waals surface area (Å²) in [7, 11) is -4.17. The molecule has 0 radical (unpaired) electrons. The first-order chi connectivity index (χ1) is 9.57. The van der Waals surface area contributed by atoms with Crippen molar-refractivity contribution in [2.45, 2.75) is 55.9 Å². The molecule has 0 bridgehead atoms. The number of thiophene rings is 1. The van der Waals surface area contributed by atoms with Gasteiger partial charge >= 0.3 is 6.18 Å². The molecule has 1 aromatic heterocycles. The summed E-state index contributed by atoms with van der Waals surface area (Å²) in [5, 5.41) is 4.63. The van der Waals surface area contributed by atoms with Crippen LogP contribution < -0.4 is 10.0 Å². The van der Waals surface area contributed by atoms with E-state index < -0.39 is 21.7 Å². The van der Waals surface area contributed by atoms with E-state index >= 15 is 0 Å². The molecule has 2 N–H and O–H groups in total. The summed E-state index contributed by atoms with van der Waals surface area (Å²) in [6.45, 7) is 4.12. The van der Waals surface area contributed by atoms with E-state index in [0.29, 0.717) is 11.4 Å². The van der Waals surface area contributed by atoms with Crippen LogP contribution in [0.3, 0.4) is 0 Å². The van der Waals surface area contributed by atoms with Crippen molar-refractivity contribution in [2.75, 3.05) is 0 Å². The highest BCUT2D eigenvalue weighted by molar-refractivity contribution is 7.89. The molecule has 21 heavy (non-hydrogen) atoms. The van der Waals surface area contributed by atoms with Gasteiger partial charge in [-0.2, -0.15) is 17.9 Å². The molecule has 1 aromatic rings. The monoisotopic (exact) mass is 342 g/mol. The highest BCUT2D eigenvalue weighted by Gasteiger charge is 2.65. The van der Waals surface area contributed by atoms with Crippen LogP contribution in [0.4, 0.5) is 13.2 Å². The fourth-order valence-electron chi connectivity index (χ4n) is 1.87. The molecular weight excluding hydrogens is 325 g/mol. The van der Waals surface area contributed by atoms with Crippen molar-refractivity contribution in [2.24, 2.45) is 0 Å². The number of sulfonamides is 1. The van der Waals surface area contributed by atoms with Crippen LogP contribution in [0.2, 0.25) is 0 Å². The van der Waals surface area contributed by atoms with Gasteiger partial charge in [0, 0.05) is 17.5 Å². The highest BCUT2D eigenvalue weighted by atomic mass is 32.2. The highest BCUT2D eigenvalue weighted by Crippen LogP contribution is 2.49. The Morgan fingerprint density at radius 3 is 2.48 bits per heavy atom. The molecule has 1 aliphatic carbocycles. The lowest BCUT2D eigenvalue weighted by atomic mass is 10.3. The minimum Gasteiger partial charge on any atom is -0.310 e. The lowest BCUT2D eigenvalue weighted by molar-refractivity contribution is -0.160. The van der Waals surface area contributed by atoms with E-state index in [2.05, 4.69) is 5.32 Å². The zero-order chi connectivity index (χ0) is 15.9. The maximum Gasteiger partial charge on any atom is 0.407 e. The summed E-state index contributed by atoms with van der Waals surface area (Å²) < 4.78 is 65.0. The largest absolute Gasteiger partial charge is 0.407 e. The molecule has 1 fully saturated rings. The Morgan fingerprint density at radius 1 is 1.38 bits per heavy atom. The summed E-state index contributed by atoms with van der Waals surface area (Å²) in [6, 6.07) is 1.50. The van der Waals surface area contributed by atoms with Crippen LogP contribution in [0.25, 0.3) is 0 Å². The van der Waals surface area contributed by atoms with E-state index in [4.69, 9.17) is 0 Å². The van der Waals surface area contributed by atoms with Crippen LogP contribution in [0.5, 0.6) is 0 Å². The predicted octanol–water partition coefficient (Wildman–Crippen LogP) is 2.62. The molecule has 0 amide bonds. The third-order valence-electron chi connectivity index (χ3n) is 3.29. The van der Waals surface area contributed by atoms with Crippen molar-refractivity contribution >= 4 is 21.4 Å². The van der Waals surface area contributed by atoms with E-state index in [1.54, 1.807) is 5.38 Å². The van der Waals surface area contributed by atoms with Gasteiger partial charge in [0.05, 0.1) is 4.90 Å². The number of hydrogen-bond donors (Lipinski definition) is 2. The van der Waals surface area contributed by atoms with Crippen molar-refractivity contribution in [3.05, 3.63) is 16.3 Å². The van der Waals surface area contributed by atoms with Gasteiger partial charge in [0.25, 0.3) is 0 Å². The molecule has 0 aliphatic heterocycles. The molecule has 0 atom stereocenters. The van der Waals surface area contributed by atoms with Gasteiger partial charge in [-0.1, -0.05) is 13.8 Å². The van der Waals surface area contributed by atoms with E-state index in [9.17, 15) is 21.6 Å². The van der Waals surface area contributed by atoms with Gasteiger partial charge in [-0.25, -0.2) is 8.42 Å². The summed E-state index contributed by atoms with van der Waals surface area (Å²) in [4.78, 5) is 0.436. The van der Waals surface area contributed by atoms with E-state index in [1.165, 1.54) is 17.4 Å². The molecular formula is C12H17F3N2O2S2. The minimum atomic E-state index is -4.56. The van der Waals surface area contributed by atoms with Gasteiger partial charge in [0.1, 0.15) is 5.54 Å². The quantitative estimate of drug-likeness (QED) is 0.835. The molecule has 0 spiro atoms. The number of halogens is 3. The summed E-state index contributed by atoms with van der Waals surface area (Å²) >= 11 is 1.21. The van der Waals surface area contributed by atoms with Crippen molar-refractivity contribution in [3.8, 4) is 0 Å². The van der Waals surface area contributed by atoms with E-state index in [0.717, 1.165) is 0 Å². The molecule has 0 unspecified atom stereocenters. The Kier molecular flexibility index (Phi) is 4.40. The number of rotatable bonds is 6. The Balaban J connectivity index is 2.20. The van der Waals surface area contributed by atoms with Crippen molar-refractivity contribution < 1.29 is 21.6 Å². The van der Waals surface area contributed by atoms with E-state index in [-0.39, 0.29) is 23.8 Å². The van der Waals surface area contributed by atoms with Crippen molar-refractivity contribution in [1.29, 1.82) is 0 Å². The molecule has 2 rings (SSSR count). The maximum absolute atomic E-state index is 12.9. The number of alkyl halides is 3. The number of nitrogens with one attached hydrogen (secondary N) is 2. The molecule has 1 aliphatic rings. The smallest absolute Gasteiger partial charge is 0.310 e. The second-order valence-electron chi connectivity index (χ2n) is 5.43. The summed E-state index contributed by atoms with van der Waals surface area (Å²) in [5.41, 5.74) is -2.28. The molecule has 4 nitrogen and oxygen atoms in total. The zero-order valence-electron chi connectivity index (χ0n) is 11.6. The van der Waals surface area contributed by atoms with Crippen LogP contribution in [-0.2, 0) is 16.6 Å². The average Bonchev–Trinajstić information content (AvgIpc) is 2.94. The SMILES string of the molecule is CC(C)NCc1sccc1S(=O)(=O)NC1(C(F)(F)F)CC1. The molecule has 0 aromatic carbocycles. The Bertz CT molecular complexity index is 604. The fraction of sp³-hybridized carbons (Fsp3) is 0.667. The van der Waals surface area contributed by atoms with Crippen molar-refractivity contribution in [1.82, 2.24) is 10.0 Å². The lowest BCUT2D eigenvalue weighted by Gasteiger charge is -2.20. The first kappa shape index (κ1) is 16.7. The lowest BCUT2D eigenvalue weighted by Crippen LogP contribution is -2.47. The minimum absolute atomic E-state index is 0.0730. The van der Waals surface area contributed by atoms with Crippen LogP contribution in [0.15, 0.2) is 16.3 Å². The zero-order valence-corrected chi connectivity index (χ0v) is 13.3. The third kappa shape index (κ3) is 3.58. The predicted molar refractivity (Wildman–Crippen MR) is 74.6 cm³/mol. The van der Waals surface area contributed by atoms with Crippen LogP contribution in [0, 0.1) is 0 Å². The standard InChI is InChI=1S/C12H17F3N2O2S2/c1-8(2)16-7-9-10(3-6-20-9)21(18,19)17-11(4-5-11)12(13,14)15/h3,6,8,16-17H,4-5,7H2,1-2H3. The Labute approximate surface area is 125 Å². The summed E-state index contributed by atoms with van der Waals surface area (Å²) in [5.74, 6) is 0. The second-order valence-corrected chi connectivity index (χ2v) is 8.08. The van der Waals surface area contributed by atoms with Gasteiger partial charge in [-0.3, -0.25) is 0 Å². The van der Waals surface area contributed by atoms with Gasteiger partial charge in [0.15, 0.2) is 0 Å². The topological polar surface area (TPSA) is 58.2 Å². The van der Waals surface area contributed by atoms with Crippen LogP contribution in [-0.4, -0.2) is 26.2 Å². The molecule has 120 valence electrons. The maximum atomic E-state index is 12.9.